The SMILES string of the molecule is CCCCCC(C)PC(CC)CCCCC.CCCCCC(C)PC(CC)CCCCC.CCCCCC(CC)PC. The third-order valence-electron chi connectivity index (χ3n) is 8.88. The second kappa shape index (κ2) is 40.3. The first-order valence-corrected chi connectivity index (χ1v) is 23.4. The first kappa shape index (κ1) is 47.7. The second-order valence-electron chi connectivity index (χ2n) is 13.2. The van der Waals surface area contributed by atoms with E-state index in [0.717, 1.165) is 36.9 Å². The summed E-state index contributed by atoms with van der Waals surface area (Å²) in [5, 5.41) is 0. The van der Waals surface area contributed by atoms with E-state index < -0.39 is 0 Å². The number of hydrogen-bond donors (Lipinski definition) is 0. The van der Waals surface area contributed by atoms with Crippen LogP contribution in [0.3, 0.4) is 0 Å². The molecule has 0 fully saturated rings. The van der Waals surface area contributed by atoms with E-state index in [4.69, 9.17) is 0 Å². The topological polar surface area (TPSA) is 0 Å². The summed E-state index contributed by atoms with van der Waals surface area (Å²) in [6, 6.07) is 0. The second-order valence-corrected chi connectivity index (χ2v) is 18.9. The van der Waals surface area contributed by atoms with E-state index in [-0.39, 0.29) is 0 Å². The molecule has 0 aliphatic rings. The number of rotatable bonds is 28. The predicted molar refractivity (Wildman–Crippen MR) is 213 cm³/mol. The molecule has 0 bridgehead atoms. The average Bonchev–Trinajstić information content (AvgIpc) is 2.99. The van der Waals surface area contributed by atoms with Crippen LogP contribution in [0.2, 0.25) is 0 Å². The number of hydrogen-bond acceptors (Lipinski definition) is 0. The van der Waals surface area contributed by atoms with Gasteiger partial charge >= 0.3 is 0 Å². The van der Waals surface area contributed by atoms with Gasteiger partial charge in [-0.15, -0.1) is 25.7 Å². The molecule has 0 aliphatic heterocycles. The Labute approximate surface area is 276 Å². The maximum Gasteiger partial charge on any atom is -0.0237 e. The van der Waals surface area contributed by atoms with Crippen LogP contribution >= 0.6 is 25.7 Å². The van der Waals surface area contributed by atoms with Gasteiger partial charge < -0.3 is 0 Å². The molecule has 8 atom stereocenters. The van der Waals surface area contributed by atoms with Gasteiger partial charge in [0.25, 0.3) is 0 Å². The van der Waals surface area contributed by atoms with Gasteiger partial charge in [-0.05, 0) is 86.3 Å². The molecule has 0 aromatic heterocycles. The highest BCUT2D eigenvalue weighted by atomic mass is 31.1. The molecule has 42 heavy (non-hydrogen) atoms. The van der Waals surface area contributed by atoms with Gasteiger partial charge in [0.05, 0.1) is 0 Å². The Kier molecular flexibility index (Phi) is 45.8. The smallest absolute Gasteiger partial charge is 0.0237 e. The minimum Gasteiger partial charge on any atom is -0.122 e. The van der Waals surface area contributed by atoms with Crippen molar-refractivity contribution in [1.29, 1.82) is 0 Å². The van der Waals surface area contributed by atoms with Crippen LogP contribution < -0.4 is 0 Å². The summed E-state index contributed by atoms with van der Waals surface area (Å²) in [4.78, 5) is 0. The van der Waals surface area contributed by atoms with E-state index in [1.807, 2.05) is 0 Å². The Morgan fingerprint density at radius 2 is 0.619 bits per heavy atom. The highest BCUT2D eigenvalue weighted by Gasteiger charge is 2.12. The minimum atomic E-state index is 0.984. The van der Waals surface area contributed by atoms with Crippen molar-refractivity contribution in [3.63, 3.8) is 0 Å². The van der Waals surface area contributed by atoms with Crippen molar-refractivity contribution >= 4 is 25.7 Å². The van der Waals surface area contributed by atoms with Crippen LogP contribution in [0.15, 0.2) is 0 Å². The Morgan fingerprint density at radius 3 is 0.857 bits per heavy atom. The minimum absolute atomic E-state index is 0.984. The Morgan fingerprint density at radius 1 is 0.357 bits per heavy atom. The van der Waals surface area contributed by atoms with E-state index in [9.17, 15) is 0 Å². The summed E-state index contributed by atoms with van der Waals surface area (Å²) in [6.45, 7) is 25.8. The summed E-state index contributed by atoms with van der Waals surface area (Å²) in [5.74, 6) is 0. The molecule has 0 spiro atoms. The van der Waals surface area contributed by atoms with E-state index in [1.165, 1.54) is 165 Å². The molecule has 0 amide bonds. The molecular formula is C39H87P3. The van der Waals surface area contributed by atoms with Crippen LogP contribution in [0.4, 0.5) is 0 Å². The van der Waals surface area contributed by atoms with Crippen molar-refractivity contribution in [2.75, 3.05) is 6.66 Å². The molecule has 0 nitrogen and oxygen atoms in total. The zero-order valence-corrected chi connectivity index (χ0v) is 34.7. The summed E-state index contributed by atoms with van der Waals surface area (Å²) in [6.07, 6.45) is 32.9. The zero-order chi connectivity index (χ0) is 32.3. The van der Waals surface area contributed by atoms with Gasteiger partial charge in [-0.3, -0.25) is 0 Å². The van der Waals surface area contributed by atoms with Gasteiger partial charge in [-0.25, -0.2) is 0 Å². The third kappa shape index (κ3) is 37.5. The van der Waals surface area contributed by atoms with Gasteiger partial charge in [0.1, 0.15) is 0 Å². The summed E-state index contributed by atoms with van der Waals surface area (Å²) in [5.41, 5.74) is 5.06. The summed E-state index contributed by atoms with van der Waals surface area (Å²) >= 11 is 0. The Bertz CT molecular complexity index is 419. The predicted octanol–water partition coefficient (Wildman–Crippen LogP) is 15.6. The van der Waals surface area contributed by atoms with Crippen LogP contribution in [0.5, 0.6) is 0 Å². The quantitative estimate of drug-likeness (QED) is 0.0585. The lowest BCUT2D eigenvalue weighted by molar-refractivity contribution is 0.622. The lowest BCUT2D eigenvalue weighted by atomic mass is 10.1. The molecule has 0 aliphatic carbocycles. The van der Waals surface area contributed by atoms with Gasteiger partial charge in [0, 0.05) is 0 Å². The molecule has 0 saturated carbocycles. The monoisotopic (exact) mass is 649 g/mol. The Hall–Kier alpha value is 1.29. The molecule has 258 valence electrons. The molecular weight excluding hydrogens is 561 g/mol. The van der Waals surface area contributed by atoms with Gasteiger partial charge in [0.2, 0.25) is 0 Å². The maximum absolute atomic E-state index is 2.47. The van der Waals surface area contributed by atoms with Crippen LogP contribution in [0.25, 0.3) is 0 Å². The van der Waals surface area contributed by atoms with Gasteiger partial charge in [-0.2, -0.15) is 0 Å². The van der Waals surface area contributed by atoms with Crippen molar-refractivity contribution in [3.8, 4) is 0 Å². The number of unbranched alkanes of at least 4 members (excludes halogenated alkanes) is 10. The normalized spacial score (nSPS) is 15.5. The molecule has 0 radical (unpaired) electrons. The molecule has 0 rings (SSSR count). The lowest BCUT2D eigenvalue weighted by Gasteiger charge is -2.20. The fraction of sp³-hybridized carbons (Fsp3) is 1.00. The van der Waals surface area contributed by atoms with Gasteiger partial charge in [0.15, 0.2) is 0 Å². The molecule has 0 saturated heterocycles. The molecule has 0 heterocycles. The van der Waals surface area contributed by atoms with E-state index in [0.29, 0.717) is 0 Å². The molecule has 8 unspecified atom stereocenters. The molecule has 0 aromatic carbocycles. The van der Waals surface area contributed by atoms with E-state index in [2.05, 4.69) is 75.9 Å². The van der Waals surface area contributed by atoms with E-state index >= 15 is 0 Å². The van der Waals surface area contributed by atoms with Crippen LogP contribution in [-0.2, 0) is 0 Å². The fourth-order valence-electron chi connectivity index (χ4n) is 5.66. The van der Waals surface area contributed by atoms with Gasteiger partial charge in [-0.1, -0.05) is 166 Å². The van der Waals surface area contributed by atoms with Crippen molar-refractivity contribution in [2.45, 2.75) is 245 Å². The summed E-state index contributed by atoms with van der Waals surface area (Å²) < 4.78 is 0. The lowest BCUT2D eigenvalue weighted by Crippen LogP contribution is -2.05. The van der Waals surface area contributed by atoms with Crippen LogP contribution in [-0.4, -0.2) is 35.0 Å². The molecule has 3 heteroatoms. The zero-order valence-electron chi connectivity index (χ0n) is 31.7. The Balaban J connectivity index is -0.000000560. The van der Waals surface area contributed by atoms with Crippen LogP contribution in [0.1, 0.15) is 217 Å². The van der Waals surface area contributed by atoms with Crippen molar-refractivity contribution in [1.82, 2.24) is 0 Å². The van der Waals surface area contributed by atoms with E-state index in [1.54, 1.807) is 0 Å². The standard InChI is InChI=1S/2C15H33P.C9H21P/c2*1-5-8-10-12-14(4)16-15(7-3)13-11-9-6-2;1-4-6-7-8-9(5-2)10-3/h2*14-16H,5-13H2,1-4H3;9-10H,4-8H2,1-3H3. The third-order valence-corrected chi connectivity index (χ3v) is 14.4. The van der Waals surface area contributed by atoms with Crippen LogP contribution in [0, 0.1) is 0 Å². The maximum atomic E-state index is 2.47. The molecule has 0 aromatic rings. The van der Waals surface area contributed by atoms with Crippen molar-refractivity contribution in [3.05, 3.63) is 0 Å². The fourth-order valence-corrected chi connectivity index (χ4v) is 10.1. The largest absolute Gasteiger partial charge is 0.122 e. The average molecular weight is 649 g/mol. The highest BCUT2D eigenvalue weighted by Crippen LogP contribution is 2.35. The summed E-state index contributed by atoms with van der Waals surface area (Å²) in [7, 11) is 3.60. The van der Waals surface area contributed by atoms with Crippen molar-refractivity contribution in [2.24, 2.45) is 0 Å². The first-order valence-electron chi connectivity index (χ1n) is 19.5. The highest BCUT2D eigenvalue weighted by molar-refractivity contribution is 7.40. The van der Waals surface area contributed by atoms with Crippen molar-refractivity contribution < 1.29 is 0 Å². The first-order chi connectivity index (χ1) is 20.3. The molecule has 0 N–H and O–H groups in total.